The van der Waals surface area contributed by atoms with Crippen molar-refractivity contribution >= 4 is 5.69 Å². The van der Waals surface area contributed by atoms with Crippen molar-refractivity contribution in [1.82, 2.24) is 5.32 Å². The normalized spacial score (nSPS) is 23.2. The van der Waals surface area contributed by atoms with Crippen molar-refractivity contribution in [3.8, 4) is 0 Å². The fourth-order valence-corrected chi connectivity index (χ4v) is 4.76. The minimum absolute atomic E-state index is 0.110. The number of unbranched alkanes of at least 4 members (excludes halogenated alkanes) is 1. The van der Waals surface area contributed by atoms with Crippen molar-refractivity contribution in [2.75, 3.05) is 44.8 Å². The number of para-hydroxylation sites is 1. The third kappa shape index (κ3) is 4.82. The summed E-state index contributed by atoms with van der Waals surface area (Å²) in [7, 11) is 1.71. The van der Waals surface area contributed by atoms with Crippen molar-refractivity contribution in [3.05, 3.63) is 29.6 Å². The van der Waals surface area contributed by atoms with E-state index in [9.17, 15) is 9.50 Å². The molecule has 1 unspecified atom stereocenters. The van der Waals surface area contributed by atoms with Crippen LogP contribution in [0.5, 0.6) is 0 Å². The molecule has 4 nitrogen and oxygen atoms in total. The zero-order valence-corrected chi connectivity index (χ0v) is 16.7. The lowest BCUT2D eigenvalue weighted by atomic mass is 9.73. The Labute approximate surface area is 163 Å². The zero-order chi connectivity index (χ0) is 19.1. The molecular weight excluding hydrogens is 343 g/mol. The molecule has 27 heavy (non-hydrogen) atoms. The number of aliphatic hydroxyl groups is 1. The van der Waals surface area contributed by atoms with Crippen LogP contribution in [0.2, 0.25) is 0 Å². The number of hydrogen-bond acceptors (Lipinski definition) is 4. The van der Waals surface area contributed by atoms with Gasteiger partial charge in [0.25, 0.3) is 0 Å². The number of benzene rings is 1. The van der Waals surface area contributed by atoms with Crippen molar-refractivity contribution in [2.24, 2.45) is 5.92 Å². The van der Waals surface area contributed by atoms with Crippen LogP contribution in [0.25, 0.3) is 0 Å². The summed E-state index contributed by atoms with van der Waals surface area (Å²) in [5, 5.41) is 15.4. The van der Waals surface area contributed by atoms with Gasteiger partial charge in [-0.1, -0.05) is 12.1 Å². The highest BCUT2D eigenvalue weighted by molar-refractivity contribution is 5.58. The second-order valence-corrected chi connectivity index (χ2v) is 8.10. The lowest BCUT2D eigenvalue weighted by molar-refractivity contribution is -0.0432. The first-order valence-electron chi connectivity index (χ1n) is 10.6. The number of nitrogens with zero attached hydrogens (tertiary/aromatic N) is 1. The highest BCUT2D eigenvalue weighted by atomic mass is 19.1. The number of ether oxygens (including phenoxy) is 1. The second-order valence-electron chi connectivity index (χ2n) is 8.10. The summed E-state index contributed by atoms with van der Waals surface area (Å²) < 4.78 is 20.2. The van der Waals surface area contributed by atoms with Gasteiger partial charge in [0.1, 0.15) is 5.82 Å². The summed E-state index contributed by atoms with van der Waals surface area (Å²) in [6.07, 6.45) is 7.84. The molecule has 3 rings (SSSR count). The van der Waals surface area contributed by atoms with E-state index in [-0.39, 0.29) is 11.7 Å². The first-order chi connectivity index (χ1) is 13.2. The van der Waals surface area contributed by atoms with Gasteiger partial charge in [-0.05, 0) is 64.0 Å². The Morgan fingerprint density at radius 2 is 2.04 bits per heavy atom. The molecule has 0 aromatic heterocycles. The maximum absolute atomic E-state index is 15.0. The van der Waals surface area contributed by atoms with Gasteiger partial charge in [-0.25, -0.2) is 4.39 Å². The minimum Gasteiger partial charge on any atom is -0.385 e. The lowest BCUT2D eigenvalue weighted by Gasteiger charge is -2.42. The molecule has 2 heterocycles. The predicted octanol–water partition coefficient (Wildman–Crippen LogP) is 3.82. The number of piperidine rings is 2. The second kappa shape index (κ2) is 9.85. The number of hydrogen-bond donors (Lipinski definition) is 2. The fraction of sp³-hybridized carbons (Fsp3) is 0.727. The van der Waals surface area contributed by atoms with Gasteiger partial charge < -0.3 is 20.1 Å². The Balaban J connectivity index is 1.94. The van der Waals surface area contributed by atoms with Gasteiger partial charge >= 0.3 is 0 Å². The van der Waals surface area contributed by atoms with Crippen LogP contribution in [0.4, 0.5) is 10.1 Å². The Bertz CT molecular complexity index is 586. The highest BCUT2D eigenvalue weighted by Gasteiger charge is 2.41. The van der Waals surface area contributed by atoms with Crippen molar-refractivity contribution in [3.63, 3.8) is 0 Å². The van der Waals surface area contributed by atoms with Gasteiger partial charge in [0.2, 0.25) is 0 Å². The van der Waals surface area contributed by atoms with Crippen molar-refractivity contribution in [1.29, 1.82) is 0 Å². The molecule has 2 aliphatic heterocycles. The fourth-order valence-electron chi connectivity index (χ4n) is 4.76. The Kier molecular flexibility index (Phi) is 7.50. The van der Waals surface area contributed by atoms with Gasteiger partial charge in [-0.15, -0.1) is 0 Å². The van der Waals surface area contributed by atoms with E-state index in [1.54, 1.807) is 13.2 Å². The van der Waals surface area contributed by atoms with E-state index >= 15 is 0 Å². The summed E-state index contributed by atoms with van der Waals surface area (Å²) in [6, 6.07) is 5.25. The van der Waals surface area contributed by atoms with Crippen LogP contribution in [0.15, 0.2) is 18.2 Å². The average molecular weight is 379 g/mol. The van der Waals surface area contributed by atoms with E-state index in [1.807, 2.05) is 6.07 Å². The molecule has 5 heteroatoms. The summed E-state index contributed by atoms with van der Waals surface area (Å²) in [4.78, 5) is 2.16. The molecule has 152 valence electrons. The Morgan fingerprint density at radius 1 is 1.22 bits per heavy atom. The molecule has 2 aliphatic rings. The summed E-state index contributed by atoms with van der Waals surface area (Å²) in [5.74, 6) is -0.0902. The van der Waals surface area contributed by atoms with Gasteiger partial charge in [0.05, 0.1) is 11.3 Å². The standard InChI is InChI=1S/C22H35FN2O2/c1-27-16-6-3-12-22(26,18-9-8-13-24-17-18)19-10-7-11-20(23)21(19)25-14-4-2-5-15-25/h7,10-11,18,24,26H,2-6,8-9,12-17H2,1H3/t18?,22-/m0/s1. The van der Waals surface area contributed by atoms with E-state index < -0.39 is 5.60 Å². The van der Waals surface area contributed by atoms with E-state index in [0.29, 0.717) is 18.7 Å². The highest BCUT2D eigenvalue weighted by Crippen LogP contribution is 2.43. The molecule has 1 aromatic rings. The molecule has 0 radical (unpaired) electrons. The number of nitrogens with one attached hydrogen (secondary N) is 1. The van der Waals surface area contributed by atoms with Crippen LogP contribution in [0.3, 0.4) is 0 Å². The van der Waals surface area contributed by atoms with E-state index in [2.05, 4.69) is 10.2 Å². The third-order valence-electron chi connectivity index (χ3n) is 6.25. The van der Waals surface area contributed by atoms with E-state index in [0.717, 1.165) is 70.3 Å². The minimum atomic E-state index is -1.00. The van der Waals surface area contributed by atoms with Crippen molar-refractivity contribution in [2.45, 2.75) is 57.0 Å². The first-order valence-corrected chi connectivity index (χ1v) is 10.6. The van der Waals surface area contributed by atoms with Crippen LogP contribution in [-0.2, 0) is 10.3 Å². The monoisotopic (exact) mass is 378 g/mol. The topological polar surface area (TPSA) is 44.7 Å². The van der Waals surface area contributed by atoms with Crippen LogP contribution in [0, 0.1) is 11.7 Å². The number of rotatable bonds is 8. The predicted molar refractivity (Wildman–Crippen MR) is 108 cm³/mol. The molecule has 1 aromatic carbocycles. The number of anilines is 1. The van der Waals surface area contributed by atoms with Crippen LogP contribution in [-0.4, -0.2) is 45.0 Å². The Morgan fingerprint density at radius 3 is 2.74 bits per heavy atom. The smallest absolute Gasteiger partial charge is 0.146 e. The first kappa shape index (κ1) is 20.6. The largest absolute Gasteiger partial charge is 0.385 e. The van der Waals surface area contributed by atoms with Gasteiger partial charge in [-0.3, -0.25) is 0 Å². The zero-order valence-electron chi connectivity index (χ0n) is 16.7. The van der Waals surface area contributed by atoms with Gasteiger partial charge in [0, 0.05) is 44.8 Å². The molecular formula is C22H35FN2O2. The third-order valence-corrected chi connectivity index (χ3v) is 6.25. The summed E-state index contributed by atoms with van der Waals surface area (Å²) >= 11 is 0. The molecule has 0 aliphatic carbocycles. The van der Waals surface area contributed by atoms with Crippen molar-refractivity contribution < 1.29 is 14.2 Å². The molecule has 0 bridgehead atoms. The molecule has 0 saturated carbocycles. The quantitative estimate of drug-likeness (QED) is 0.675. The lowest BCUT2D eigenvalue weighted by Crippen LogP contribution is -2.45. The number of halogens is 1. The van der Waals surface area contributed by atoms with E-state index in [4.69, 9.17) is 4.74 Å². The average Bonchev–Trinajstić information content (AvgIpc) is 2.72. The van der Waals surface area contributed by atoms with Gasteiger partial charge in [0.15, 0.2) is 0 Å². The molecule has 2 saturated heterocycles. The molecule has 0 spiro atoms. The maximum atomic E-state index is 15.0. The van der Waals surface area contributed by atoms with Crippen LogP contribution < -0.4 is 10.2 Å². The van der Waals surface area contributed by atoms with Crippen LogP contribution in [0.1, 0.15) is 56.9 Å². The summed E-state index contributed by atoms with van der Waals surface area (Å²) in [5.41, 5.74) is 0.420. The van der Waals surface area contributed by atoms with Gasteiger partial charge in [-0.2, -0.15) is 0 Å². The van der Waals surface area contributed by atoms with E-state index in [1.165, 1.54) is 12.5 Å². The molecule has 2 fully saturated rings. The molecule has 2 atom stereocenters. The summed E-state index contributed by atoms with van der Waals surface area (Å²) in [6.45, 7) is 4.23. The molecule has 0 amide bonds. The van der Waals surface area contributed by atoms with Crippen LogP contribution >= 0.6 is 0 Å². The number of methoxy groups -OCH3 is 1. The maximum Gasteiger partial charge on any atom is 0.146 e. The molecule has 2 N–H and O–H groups in total. The Hall–Kier alpha value is -1.17. The SMILES string of the molecule is COCCCC[C@@](O)(c1cccc(F)c1N1CCCCC1)C1CCCNC1.